The van der Waals surface area contributed by atoms with Gasteiger partial charge in [-0.25, -0.2) is 0 Å². The second-order valence-corrected chi connectivity index (χ2v) is 4.70. The maximum Gasteiger partial charge on any atom is 0.161 e. The van der Waals surface area contributed by atoms with Crippen molar-refractivity contribution in [2.75, 3.05) is 12.8 Å². The maximum absolute atomic E-state index is 6.09. The zero-order chi connectivity index (χ0) is 13.8. The lowest BCUT2D eigenvalue weighted by Crippen LogP contribution is -1.99. The fourth-order valence-electron chi connectivity index (χ4n) is 1.75. The Balaban J connectivity index is 2.16. The molecule has 2 aromatic rings. The first kappa shape index (κ1) is 13.6. The Kier molecular flexibility index (Phi) is 4.17. The molecule has 19 heavy (non-hydrogen) atoms. The molecule has 0 bridgehead atoms. The van der Waals surface area contributed by atoms with E-state index in [1.165, 1.54) is 0 Å². The molecule has 0 saturated heterocycles. The molecule has 0 aromatic heterocycles. The molecule has 4 heteroatoms. The van der Waals surface area contributed by atoms with Crippen molar-refractivity contribution in [2.45, 2.75) is 13.5 Å². The lowest BCUT2D eigenvalue weighted by atomic mass is 10.2. The van der Waals surface area contributed by atoms with Crippen molar-refractivity contribution in [3.05, 3.63) is 52.5 Å². The Morgan fingerprint density at radius 3 is 2.63 bits per heavy atom. The Labute approximate surface area is 117 Å². The quantitative estimate of drug-likeness (QED) is 0.864. The molecule has 2 rings (SSSR count). The van der Waals surface area contributed by atoms with E-state index in [1.807, 2.05) is 31.2 Å². The number of ether oxygens (including phenoxy) is 2. The van der Waals surface area contributed by atoms with Crippen LogP contribution in [0.5, 0.6) is 11.5 Å². The topological polar surface area (TPSA) is 44.5 Å². The van der Waals surface area contributed by atoms with Crippen LogP contribution in [0, 0.1) is 6.92 Å². The van der Waals surface area contributed by atoms with Gasteiger partial charge in [0.1, 0.15) is 6.61 Å². The minimum atomic E-state index is 0.350. The number of hydrogen-bond acceptors (Lipinski definition) is 3. The van der Waals surface area contributed by atoms with E-state index in [-0.39, 0.29) is 0 Å². The van der Waals surface area contributed by atoms with E-state index < -0.39 is 0 Å². The predicted molar refractivity (Wildman–Crippen MR) is 77.9 cm³/mol. The number of hydrogen-bond donors (Lipinski definition) is 1. The minimum Gasteiger partial charge on any atom is -0.493 e. The first-order chi connectivity index (χ1) is 9.10. The van der Waals surface area contributed by atoms with Crippen LogP contribution in [0.2, 0.25) is 5.02 Å². The van der Waals surface area contributed by atoms with Crippen LogP contribution in [0.3, 0.4) is 0 Å². The lowest BCUT2D eigenvalue weighted by molar-refractivity contribution is 0.284. The summed E-state index contributed by atoms with van der Waals surface area (Å²) in [5.41, 5.74) is 8.37. The minimum absolute atomic E-state index is 0.350. The van der Waals surface area contributed by atoms with Gasteiger partial charge in [0, 0.05) is 16.3 Å². The Hall–Kier alpha value is -1.87. The van der Waals surface area contributed by atoms with Crippen LogP contribution in [0.25, 0.3) is 0 Å². The summed E-state index contributed by atoms with van der Waals surface area (Å²) in [6.45, 7) is 2.35. The summed E-state index contributed by atoms with van der Waals surface area (Å²) in [5, 5.41) is 0.639. The van der Waals surface area contributed by atoms with Crippen molar-refractivity contribution in [1.29, 1.82) is 0 Å². The summed E-state index contributed by atoms with van der Waals surface area (Å²) in [4.78, 5) is 0. The van der Waals surface area contributed by atoms with Crippen LogP contribution in [-0.2, 0) is 6.61 Å². The van der Waals surface area contributed by atoms with Crippen LogP contribution in [-0.4, -0.2) is 7.11 Å². The third-order valence-electron chi connectivity index (χ3n) is 2.77. The highest BCUT2D eigenvalue weighted by atomic mass is 35.5. The number of nitrogens with two attached hydrogens (primary N) is 1. The summed E-state index contributed by atoms with van der Waals surface area (Å²) in [5.74, 6) is 1.40. The zero-order valence-corrected chi connectivity index (χ0v) is 11.7. The molecule has 0 spiro atoms. The van der Waals surface area contributed by atoms with E-state index in [0.717, 1.165) is 11.1 Å². The average Bonchev–Trinajstić information content (AvgIpc) is 2.40. The van der Waals surface area contributed by atoms with Gasteiger partial charge in [0.15, 0.2) is 11.5 Å². The molecule has 0 aliphatic rings. The normalized spacial score (nSPS) is 10.3. The number of anilines is 1. The second-order valence-electron chi connectivity index (χ2n) is 4.29. The second kappa shape index (κ2) is 5.85. The largest absolute Gasteiger partial charge is 0.493 e. The standard InChI is InChI=1S/C15H16ClNO2/c1-10-3-6-14(15(7-10)18-2)19-9-11-8-12(17)4-5-13(11)16/h3-8H,9,17H2,1-2H3. The summed E-state index contributed by atoms with van der Waals surface area (Å²) >= 11 is 6.09. The summed E-state index contributed by atoms with van der Waals surface area (Å²) in [6.07, 6.45) is 0. The van der Waals surface area contributed by atoms with Crippen LogP contribution in [0.1, 0.15) is 11.1 Å². The molecule has 0 unspecified atom stereocenters. The molecule has 0 radical (unpaired) electrons. The molecule has 0 heterocycles. The summed E-state index contributed by atoms with van der Waals surface area (Å²) in [7, 11) is 1.62. The van der Waals surface area contributed by atoms with Gasteiger partial charge in [-0.2, -0.15) is 0 Å². The van der Waals surface area contributed by atoms with Gasteiger partial charge in [0.2, 0.25) is 0 Å². The van der Waals surface area contributed by atoms with E-state index >= 15 is 0 Å². The number of methoxy groups -OCH3 is 1. The van der Waals surface area contributed by atoms with Gasteiger partial charge in [-0.3, -0.25) is 0 Å². The van der Waals surface area contributed by atoms with Crippen LogP contribution >= 0.6 is 11.6 Å². The van der Waals surface area contributed by atoms with E-state index in [2.05, 4.69) is 0 Å². The molecule has 0 amide bonds. The van der Waals surface area contributed by atoms with Gasteiger partial charge >= 0.3 is 0 Å². The molecule has 0 fully saturated rings. The smallest absolute Gasteiger partial charge is 0.161 e. The van der Waals surface area contributed by atoms with Gasteiger partial charge in [0.05, 0.1) is 7.11 Å². The van der Waals surface area contributed by atoms with Gasteiger partial charge < -0.3 is 15.2 Å². The SMILES string of the molecule is COc1cc(C)ccc1OCc1cc(N)ccc1Cl. The predicted octanol–water partition coefficient (Wildman–Crippen LogP) is 3.82. The van der Waals surface area contributed by atoms with E-state index in [9.17, 15) is 0 Å². The van der Waals surface area contributed by atoms with Gasteiger partial charge in [-0.15, -0.1) is 0 Å². The highest BCUT2D eigenvalue weighted by Crippen LogP contribution is 2.29. The first-order valence-electron chi connectivity index (χ1n) is 5.91. The van der Waals surface area contributed by atoms with Crippen molar-refractivity contribution in [1.82, 2.24) is 0 Å². The highest BCUT2D eigenvalue weighted by molar-refractivity contribution is 6.31. The molecule has 0 aliphatic heterocycles. The summed E-state index contributed by atoms with van der Waals surface area (Å²) in [6, 6.07) is 11.1. The number of benzene rings is 2. The van der Waals surface area contributed by atoms with Crippen molar-refractivity contribution in [3.63, 3.8) is 0 Å². The number of rotatable bonds is 4. The Morgan fingerprint density at radius 2 is 1.89 bits per heavy atom. The van der Waals surface area contributed by atoms with Crippen molar-refractivity contribution in [2.24, 2.45) is 0 Å². The van der Waals surface area contributed by atoms with Gasteiger partial charge in [-0.05, 0) is 42.8 Å². The monoisotopic (exact) mass is 277 g/mol. The first-order valence-corrected chi connectivity index (χ1v) is 6.29. The molecule has 2 N–H and O–H groups in total. The van der Waals surface area contributed by atoms with Crippen LogP contribution in [0.15, 0.2) is 36.4 Å². The fraction of sp³-hybridized carbons (Fsp3) is 0.200. The molecular weight excluding hydrogens is 262 g/mol. The summed E-state index contributed by atoms with van der Waals surface area (Å²) < 4.78 is 11.0. The van der Waals surface area contributed by atoms with Crippen molar-refractivity contribution < 1.29 is 9.47 Å². The van der Waals surface area contributed by atoms with Crippen LogP contribution in [0.4, 0.5) is 5.69 Å². The highest BCUT2D eigenvalue weighted by Gasteiger charge is 2.07. The van der Waals surface area contributed by atoms with E-state index in [1.54, 1.807) is 19.2 Å². The molecule has 100 valence electrons. The van der Waals surface area contributed by atoms with E-state index in [0.29, 0.717) is 28.8 Å². The molecule has 2 aromatic carbocycles. The molecule has 0 aliphatic carbocycles. The van der Waals surface area contributed by atoms with Crippen LogP contribution < -0.4 is 15.2 Å². The molecule has 0 saturated carbocycles. The molecule has 0 atom stereocenters. The Morgan fingerprint density at radius 1 is 1.11 bits per heavy atom. The molecular formula is C15H16ClNO2. The van der Waals surface area contributed by atoms with Gasteiger partial charge in [0.25, 0.3) is 0 Å². The Bertz CT molecular complexity index is 584. The fourth-order valence-corrected chi connectivity index (χ4v) is 1.93. The van der Waals surface area contributed by atoms with E-state index in [4.69, 9.17) is 26.8 Å². The lowest BCUT2D eigenvalue weighted by Gasteiger charge is -2.12. The third-order valence-corrected chi connectivity index (χ3v) is 3.14. The third kappa shape index (κ3) is 3.32. The van der Waals surface area contributed by atoms with Crippen molar-refractivity contribution >= 4 is 17.3 Å². The number of aryl methyl sites for hydroxylation is 1. The number of nitrogen functional groups attached to an aromatic ring is 1. The van der Waals surface area contributed by atoms with Crippen molar-refractivity contribution in [3.8, 4) is 11.5 Å². The molecule has 3 nitrogen and oxygen atoms in total. The maximum atomic E-state index is 6.09. The zero-order valence-electron chi connectivity index (χ0n) is 10.9. The number of halogens is 1. The van der Waals surface area contributed by atoms with Gasteiger partial charge in [-0.1, -0.05) is 17.7 Å². The average molecular weight is 278 g/mol.